The van der Waals surface area contributed by atoms with E-state index in [4.69, 9.17) is 11.6 Å². The third kappa shape index (κ3) is 2.71. The Hall–Kier alpha value is -1.69. The molecule has 1 aromatic heterocycles. The van der Waals surface area contributed by atoms with Crippen molar-refractivity contribution in [2.45, 2.75) is 25.3 Å². The molecule has 0 amide bonds. The molecule has 0 fully saturated rings. The lowest BCUT2D eigenvalue weighted by molar-refractivity contribution is -0.384. The van der Waals surface area contributed by atoms with Crippen molar-refractivity contribution in [3.63, 3.8) is 0 Å². The van der Waals surface area contributed by atoms with E-state index in [1.54, 1.807) is 0 Å². The number of rotatable bonds is 3. The molecule has 1 N–H and O–H groups in total. The summed E-state index contributed by atoms with van der Waals surface area (Å²) in [6.45, 7) is 0. The summed E-state index contributed by atoms with van der Waals surface area (Å²) in [4.78, 5) is 17.8. The summed E-state index contributed by atoms with van der Waals surface area (Å²) in [7, 11) is 0. The van der Waals surface area contributed by atoms with Gasteiger partial charge < -0.3 is 5.32 Å². The van der Waals surface area contributed by atoms with Gasteiger partial charge in [-0.3, -0.25) is 10.1 Å². The minimum atomic E-state index is -0.566. The van der Waals surface area contributed by atoms with Gasteiger partial charge in [-0.25, -0.2) is 9.97 Å². The molecule has 7 heteroatoms. The first-order valence-corrected chi connectivity index (χ1v) is 5.62. The Morgan fingerprint density at radius 1 is 1.47 bits per heavy atom. The second-order valence-electron chi connectivity index (χ2n) is 3.74. The van der Waals surface area contributed by atoms with Crippen LogP contribution in [0, 0.1) is 10.1 Å². The smallest absolute Gasteiger partial charge is 0.348 e. The summed E-state index contributed by atoms with van der Waals surface area (Å²) in [5, 5.41) is 13.8. The molecule has 6 nitrogen and oxygen atoms in total. The highest BCUT2D eigenvalue weighted by atomic mass is 35.5. The standard InChI is InChI=1S/C10H11ClN4O2/c11-9-8(15(16)17)10(13-6-12-9)14-7-4-2-1-3-5-7/h1-2,6-7H,3-5H2,(H,12,13,14). The number of anilines is 1. The molecule has 2 rings (SSSR count). The molecular weight excluding hydrogens is 244 g/mol. The predicted octanol–water partition coefficient (Wildman–Crippen LogP) is 2.56. The highest BCUT2D eigenvalue weighted by Crippen LogP contribution is 2.29. The van der Waals surface area contributed by atoms with Gasteiger partial charge in [-0.1, -0.05) is 23.8 Å². The summed E-state index contributed by atoms with van der Waals surface area (Å²) in [6, 6.07) is 0.157. The van der Waals surface area contributed by atoms with Crippen LogP contribution in [-0.2, 0) is 0 Å². The highest BCUT2D eigenvalue weighted by Gasteiger charge is 2.23. The molecule has 0 aromatic carbocycles. The van der Waals surface area contributed by atoms with E-state index in [0.717, 1.165) is 19.3 Å². The Morgan fingerprint density at radius 2 is 2.29 bits per heavy atom. The third-order valence-electron chi connectivity index (χ3n) is 2.57. The number of aromatic nitrogens is 2. The van der Waals surface area contributed by atoms with E-state index < -0.39 is 4.92 Å². The van der Waals surface area contributed by atoms with Crippen LogP contribution in [0.5, 0.6) is 0 Å². The molecule has 1 atom stereocenters. The molecule has 0 saturated carbocycles. The largest absolute Gasteiger partial charge is 0.361 e. The minimum absolute atomic E-state index is 0.140. The molecule has 0 bridgehead atoms. The topological polar surface area (TPSA) is 81.0 Å². The van der Waals surface area contributed by atoms with Crippen molar-refractivity contribution in [2.75, 3.05) is 5.32 Å². The van der Waals surface area contributed by atoms with E-state index in [-0.39, 0.29) is 22.7 Å². The van der Waals surface area contributed by atoms with E-state index in [2.05, 4.69) is 27.4 Å². The molecule has 1 aliphatic carbocycles. The van der Waals surface area contributed by atoms with Crippen LogP contribution in [-0.4, -0.2) is 20.9 Å². The van der Waals surface area contributed by atoms with Crippen LogP contribution in [0.2, 0.25) is 5.15 Å². The maximum Gasteiger partial charge on any atom is 0.348 e. The number of hydrogen-bond acceptors (Lipinski definition) is 5. The number of nitrogens with zero attached hydrogens (tertiary/aromatic N) is 3. The maximum absolute atomic E-state index is 10.9. The average molecular weight is 255 g/mol. The van der Waals surface area contributed by atoms with E-state index in [0.29, 0.717) is 0 Å². The van der Waals surface area contributed by atoms with Gasteiger partial charge in [-0.2, -0.15) is 0 Å². The van der Waals surface area contributed by atoms with Gasteiger partial charge in [0.1, 0.15) is 6.33 Å². The Kier molecular flexibility index (Phi) is 3.53. The summed E-state index contributed by atoms with van der Waals surface area (Å²) in [6.07, 6.45) is 8.09. The molecule has 90 valence electrons. The van der Waals surface area contributed by atoms with Crippen molar-refractivity contribution < 1.29 is 4.92 Å². The number of hydrogen-bond donors (Lipinski definition) is 1. The summed E-state index contributed by atoms with van der Waals surface area (Å²) in [5.74, 6) is 0.190. The van der Waals surface area contributed by atoms with Gasteiger partial charge in [0.2, 0.25) is 11.0 Å². The Labute approximate surface area is 103 Å². The molecular formula is C10H11ClN4O2. The van der Waals surface area contributed by atoms with Crippen molar-refractivity contribution in [2.24, 2.45) is 0 Å². The second kappa shape index (κ2) is 5.09. The van der Waals surface area contributed by atoms with E-state index in [1.165, 1.54) is 6.33 Å². The number of halogens is 1. The zero-order valence-corrected chi connectivity index (χ0v) is 9.72. The van der Waals surface area contributed by atoms with Crippen LogP contribution >= 0.6 is 11.6 Å². The van der Waals surface area contributed by atoms with Crippen molar-refractivity contribution in [3.8, 4) is 0 Å². The van der Waals surface area contributed by atoms with Gasteiger partial charge >= 0.3 is 5.69 Å². The molecule has 1 heterocycles. The molecule has 1 aliphatic rings. The minimum Gasteiger partial charge on any atom is -0.361 e. The van der Waals surface area contributed by atoms with Crippen LogP contribution in [0.15, 0.2) is 18.5 Å². The van der Waals surface area contributed by atoms with Crippen molar-refractivity contribution in [3.05, 3.63) is 33.7 Å². The maximum atomic E-state index is 10.9. The fourth-order valence-corrected chi connectivity index (χ4v) is 1.94. The lowest BCUT2D eigenvalue weighted by Crippen LogP contribution is -2.21. The first kappa shape index (κ1) is 11.8. The first-order chi connectivity index (χ1) is 8.18. The Bertz CT molecular complexity index is 464. The lowest BCUT2D eigenvalue weighted by atomic mass is 10.0. The molecule has 0 aliphatic heterocycles. The predicted molar refractivity (Wildman–Crippen MR) is 64.1 cm³/mol. The van der Waals surface area contributed by atoms with Crippen LogP contribution in [0.3, 0.4) is 0 Å². The average Bonchev–Trinajstić information content (AvgIpc) is 2.30. The molecule has 0 saturated heterocycles. The molecule has 1 aromatic rings. The normalized spacial score (nSPS) is 19.0. The van der Waals surface area contributed by atoms with Gasteiger partial charge in [0.15, 0.2) is 0 Å². The van der Waals surface area contributed by atoms with Crippen molar-refractivity contribution in [1.29, 1.82) is 0 Å². The van der Waals surface area contributed by atoms with Crippen LogP contribution in [0.4, 0.5) is 11.5 Å². The summed E-state index contributed by atoms with van der Waals surface area (Å²) in [5.41, 5.74) is -0.260. The van der Waals surface area contributed by atoms with Gasteiger partial charge in [0.05, 0.1) is 4.92 Å². The fourth-order valence-electron chi connectivity index (χ4n) is 1.74. The third-order valence-corrected chi connectivity index (χ3v) is 2.85. The number of nitro groups is 1. The number of nitrogens with one attached hydrogen (secondary N) is 1. The zero-order valence-electron chi connectivity index (χ0n) is 8.97. The van der Waals surface area contributed by atoms with Crippen LogP contribution < -0.4 is 5.32 Å². The molecule has 17 heavy (non-hydrogen) atoms. The van der Waals surface area contributed by atoms with Crippen LogP contribution in [0.25, 0.3) is 0 Å². The fraction of sp³-hybridized carbons (Fsp3) is 0.400. The van der Waals surface area contributed by atoms with Gasteiger partial charge in [-0.15, -0.1) is 0 Å². The lowest BCUT2D eigenvalue weighted by Gasteiger charge is -2.19. The molecule has 1 unspecified atom stereocenters. The van der Waals surface area contributed by atoms with Gasteiger partial charge in [-0.05, 0) is 19.3 Å². The molecule has 0 spiro atoms. The molecule has 0 radical (unpaired) electrons. The van der Waals surface area contributed by atoms with E-state index >= 15 is 0 Å². The second-order valence-corrected chi connectivity index (χ2v) is 4.10. The highest BCUT2D eigenvalue weighted by molar-refractivity contribution is 6.31. The summed E-state index contributed by atoms with van der Waals surface area (Å²) >= 11 is 5.70. The first-order valence-electron chi connectivity index (χ1n) is 5.25. The quantitative estimate of drug-likeness (QED) is 0.388. The summed E-state index contributed by atoms with van der Waals surface area (Å²) < 4.78 is 0. The monoisotopic (exact) mass is 254 g/mol. The SMILES string of the molecule is O=[N+]([O-])c1c(Cl)ncnc1NC1CC=CCC1. The van der Waals surface area contributed by atoms with Crippen molar-refractivity contribution in [1.82, 2.24) is 9.97 Å². The van der Waals surface area contributed by atoms with E-state index in [9.17, 15) is 10.1 Å². The van der Waals surface area contributed by atoms with Gasteiger partial charge in [0.25, 0.3) is 0 Å². The van der Waals surface area contributed by atoms with Gasteiger partial charge in [0, 0.05) is 6.04 Å². The Morgan fingerprint density at radius 3 is 2.94 bits per heavy atom. The van der Waals surface area contributed by atoms with Crippen molar-refractivity contribution >= 4 is 23.1 Å². The zero-order chi connectivity index (χ0) is 12.3. The van der Waals surface area contributed by atoms with E-state index in [1.807, 2.05) is 0 Å². The number of allylic oxidation sites excluding steroid dienone is 1. The Balaban J connectivity index is 2.23. The van der Waals surface area contributed by atoms with Crippen LogP contribution in [0.1, 0.15) is 19.3 Å².